The first-order valence-corrected chi connectivity index (χ1v) is 12.0. The van der Waals surface area contributed by atoms with E-state index in [9.17, 15) is 9.18 Å². The number of halogens is 1. The molecule has 0 N–H and O–H groups in total. The Morgan fingerprint density at radius 3 is 2.61 bits per heavy atom. The zero-order valence-corrected chi connectivity index (χ0v) is 20.3. The van der Waals surface area contributed by atoms with E-state index in [1.165, 1.54) is 12.3 Å². The lowest BCUT2D eigenvalue weighted by Gasteiger charge is -2.25. The Hall–Kier alpha value is -3.94. The Bertz CT molecular complexity index is 1350. The van der Waals surface area contributed by atoms with Gasteiger partial charge in [0, 0.05) is 36.1 Å². The van der Waals surface area contributed by atoms with E-state index in [0.29, 0.717) is 46.8 Å². The highest BCUT2D eigenvalue weighted by Gasteiger charge is 2.40. The van der Waals surface area contributed by atoms with E-state index in [1.807, 2.05) is 37.3 Å². The fraction of sp³-hybridized carbons (Fsp3) is 0.321. The zero-order valence-electron chi connectivity index (χ0n) is 20.3. The second kappa shape index (κ2) is 9.97. The molecular formula is C28H27FN4O3. The molecule has 0 spiro atoms. The SMILES string of the molecule is Cc1nc([C@@](C)(CC(=O)c2cc(-c3ccc(F)nc3)c(OCc3ccccc3)cn2)CC2CC2)no1. The molecule has 0 bridgehead atoms. The third-order valence-corrected chi connectivity index (χ3v) is 6.48. The van der Waals surface area contributed by atoms with Gasteiger partial charge in [-0.25, -0.2) is 9.97 Å². The Balaban J connectivity index is 1.44. The summed E-state index contributed by atoms with van der Waals surface area (Å²) in [5, 5.41) is 4.13. The Labute approximate surface area is 208 Å². The number of carbonyl (C=O) groups is 1. The minimum absolute atomic E-state index is 0.133. The van der Waals surface area contributed by atoms with Crippen LogP contribution in [0.4, 0.5) is 4.39 Å². The van der Waals surface area contributed by atoms with Crippen LogP contribution in [0, 0.1) is 18.8 Å². The molecule has 3 heterocycles. The summed E-state index contributed by atoms with van der Waals surface area (Å²) in [4.78, 5) is 26.2. The molecular weight excluding hydrogens is 459 g/mol. The predicted octanol–water partition coefficient (Wildman–Crippen LogP) is 5.88. The van der Waals surface area contributed by atoms with Crippen LogP contribution in [-0.4, -0.2) is 25.9 Å². The number of hydrogen-bond acceptors (Lipinski definition) is 7. The molecule has 5 rings (SSSR count). The molecule has 184 valence electrons. The summed E-state index contributed by atoms with van der Waals surface area (Å²) in [7, 11) is 0. The van der Waals surface area contributed by atoms with Crippen LogP contribution in [0.15, 0.2) is 65.4 Å². The number of rotatable bonds is 10. The summed E-state index contributed by atoms with van der Waals surface area (Å²) in [5.41, 5.74) is 1.98. The molecule has 8 heteroatoms. The topological polar surface area (TPSA) is 91.0 Å². The highest BCUT2D eigenvalue weighted by molar-refractivity contribution is 5.96. The maximum absolute atomic E-state index is 13.5. The van der Waals surface area contributed by atoms with Crippen molar-refractivity contribution in [1.29, 1.82) is 0 Å². The van der Waals surface area contributed by atoms with Gasteiger partial charge in [0.15, 0.2) is 11.6 Å². The van der Waals surface area contributed by atoms with E-state index in [1.54, 1.807) is 25.3 Å². The molecule has 0 saturated heterocycles. The Morgan fingerprint density at radius 1 is 1.14 bits per heavy atom. The smallest absolute Gasteiger partial charge is 0.223 e. The summed E-state index contributed by atoms with van der Waals surface area (Å²) in [6.45, 7) is 4.08. The number of ketones is 1. The van der Waals surface area contributed by atoms with Crippen molar-refractivity contribution in [2.75, 3.05) is 0 Å². The van der Waals surface area contributed by atoms with Gasteiger partial charge in [-0.1, -0.05) is 55.3 Å². The monoisotopic (exact) mass is 486 g/mol. The highest BCUT2D eigenvalue weighted by Crippen LogP contribution is 2.43. The molecule has 36 heavy (non-hydrogen) atoms. The normalized spacial score (nSPS) is 14.9. The van der Waals surface area contributed by atoms with E-state index in [0.717, 1.165) is 24.8 Å². The van der Waals surface area contributed by atoms with Gasteiger partial charge in [-0.2, -0.15) is 9.37 Å². The van der Waals surface area contributed by atoms with E-state index in [4.69, 9.17) is 9.26 Å². The fourth-order valence-electron chi connectivity index (χ4n) is 4.40. The van der Waals surface area contributed by atoms with Gasteiger partial charge < -0.3 is 9.26 Å². The maximum Gasteiger partial charge on any atom is 0.223 e. The first-order chi connectivity index (χ1) is 17.4. The number of ether oxygens (including phenoxy) is 1. The number of carbonyl (C=O) groups excluding carboxylic acids is 1. The fourth-order valence-corrected chi connectivity index (χ4v) is 4.40. The van der Waals surface area contributed by atoms with Crippen LogP contribution in [0.5, 0.6) is 5.75 Å². The standard InChI is InChI=1S/C28H27FN4O3/c1-18-32-27(33-36-18)28(2,13-19-8-9-19)14-24(34)23-12-22(21-10-11-26(29)31-15-21)25(16-30-23)35-17-20-6-4-3-5-7-20/h3-7,10-12,15-16,19H,8-9,13-14,17H2,1-2H3/t28-/m1/s1. The van der Waals surface area contributed by atoms with Gasteiger partial charge in [0.2, 0.25) is 11.8 Å². The van der Waals surface area contributed by atoms with Crippen molar-refractivity contribution in [2.45, 2.75) is 51.6 Å². The molecule has 1 aliphatic carbocycles. The molecule has 0 unspecified atom stereocenters. The number of hydrogen-bond donors (Lipinski definition) is 0. The molecule has 0 amide bonds. The van der Waals surface area contributed by atoms with Crippen molar-refractivity contribution >= 4 is 5.78 Å². The van der Waals surface area contributed by atoms with Gasteiger partial charge in [0.1, 0.15) is 18.1 Å². The second-order valence-electron chi connectivity index (χ2n) is 9.65. The maximum atomic E-state index is 13.5. The highest BCUT2D eigenvalue weighted by atomic mass is 19.1. The van der Waals surface area contributed by atoms with Crippen LogP contribution in [0.25, 0.3) is 11.1 Å². The average Bonchev–Trinajstić information content (AvgIpc) is 3.58. The van der Waals surface area contributed by atoms with Crippen LogP contribution in [0.2, 0.25) is 0 Å². The molecule has 0 aliphatic heterocycles. The molecule has 7 nitrogen and oxygen atoms in total. The van der Waals surface area contributed by atoms with Crippen molar-refractivity contribution in [3.8, 4) is 16.9 Å². The first kappa shape index (κ1) is 23.8. The van der Waals surface area contributed by atoms with Crippen LogP contribution in [-0.2, 0) is 12.0 Å². The van der Waals surface area contributed by atoms with Gasteiger partial charge >= 0.3 is 0 Å². The predicted molar refractivity (Wildman–Crippen MR) is 131 cm³/mol. The average molecular weight is 487 g/mol. The first-order valence-electron chi connectivity index (χ1n) is 12.0. The van der Waals surface area contributed by atoms with E-state index in [-0.39, 0.29) is 12.2 Å². The molecule has 1 saturated carbocycles. The summed E-state index contributed by atoms with van der Waals surface area (Å²) in [6.07, 6.45) is 6.27. The number of aryl methyl sites for hydroxylation is 1. The molecule has 1 fully saturated rings. The molecule has 1 aliphatic rings. The zero-order chi connectivity index (χ0) is 25.1. The quantitative estimate of drug-likeness (QED) is 0.204. The molecule has 4 aromatic rings. The van der Waals surface area contributed by atoms with Crippen molar-refractivity contribution < 1.29 is 18.4 Å². The third kappa shape index (κ3) is 5.48. The Kier molecular flexibility index (Phi) is 6.59. The lowest BCUT2D eigenvalue weighted by atomic mass is 9.78. The van der Waals surface area contributed by atoms with Gasteiger partial charge in [-0.15, -0.1) is 0 Å². The number of aromatic nitrogens is 4. The molecule has 1 aromatic carbocycles. The number of benzene rings is 1. The van der Waals surface area contributed by atoms with Crippen LogP contribution < -0.4 is 4.74 Å². The molecule has 0 radical (unpaired) electrons. The van der Waals surface area contributed by atoms with Gasteiger partial charge in [0.05, 0.1) is 6.20 Å². The van der Waals surface area contributed by atoms with Gasteiger partial charge in [-0.3, -0.25) is 4.79 Å². The lowest BCUT2D eigenvalue weighted by molar-refractivity contribution is 0.0939. The van der Waals surface area contributed by atoms with Crippen LogP contribution >= 0.6 is 0 Å². The summed E-state index contributed by atoms with van der Waals surface area (Å²) in [6, 6.07) is 14.3. The number of pyridine rings is 2. The van der Waals surface area contributed by atoms with E-state index >= 15 is 0 Å². The number of nitrogens with zero attached hydrogens (tertiary/aromatic N) is 4. The van der Waals surface area contributed by atoms with Gasteiger partial charge in [-0.05, 0) is 36.1 Å². The lowest BCUT2D eigenvalue weighted by Crippen LogP contribution is -2.28. The second-order valence-corrected chi connectivity index (χ2v) is 9.65. The Morgan fingerprint density at radius 2 is 1.94 bits per heavy atom. The largest absolute Gasteiger partial charge is 0.487 e. The van der Waals surface area contributed by atoms with Gasteiger partial charge in [0.25, 0.3) is 0 Å². The van der Waals surface area contributed by atoms with Crippen LogP contribution in [0.3, 0.4) is 0 Å². The third-order valence-electron chi connectivity index (χ3n) is 6.48. The van der Waals surface area contributed by atoms with E-state index in [2.05, 4.69) is 20.1 Å². The van der Waals surface area contributed by atoms with Crippen molar-refractivity contribution in [3.05, 3.63) is 89.8 Å². The molecule has 3 aromatic heterocycles. The van der Waals surface area contributed by atoms with Crippen molar-refractivity contribution in [1.82, 2.24) is 20.1 Å². The minimum Gasteiger partial charge on any atom is -0.487 e. The van der Waals surface area contributed by atoms with Crippen molar-refractivity contribution in [2.24, 2.45) is 5.92 Å². The van der Waals surface area contributed by atoms with E-state index < -0.39 is 11.4 Å². The summed E-state index contributed by atoms with van der Waals surface area (Å²) in [5.74, 6) is 1.35. The minimum atomic E-state index is -0.581. The molecule has 1 atom stereocenters. The van der Waals surface area contributed by atoms with Crippen molar-refractivity contribution in [3.63, 3.8) is 0 Å². The summed E-state index contributed by atoms with van der Waals surface area (Å²) >= 11 is 0. The van der Waals surface area contributed by atoms with Crippen LogP contribution in [0.1, 0.15) is 60.4 Å². The number of Topliss-reactive ketones (excluding diaryl/α,β-unsaturated/α-hetero) is 1. The summed E-state index contributed by atoms with van der Waals surface area (Å²) < 4.78 is 24.8.